The molecule has 2 aromatic carbocycles. The summed E-state index contributed by atoms with van der Waals surface area (Å²) in [6.45, 7) is 11.4. The first-order valence-electron chi connectivity index (χ1n) is 19.3. The molecule has 0 aliphatic carbocycles. The summed E-state index contributed by atoms with van der Waals surface area (Å²) in [5.41, 5.74) is 1.07. The van der Waals surface area contributed by atoms with Crippen molar-refractivity contribution in [3.8, 4) is 0 Å². The molecule has 5 amide bonds. The van der Waals surface area contributed by atoms with Gasteiger partial charge in [0.25, 0.3) is 0 Å². The van der Waals surface area contributed by atoms with Crippen molar-refractivity contribution in [2.75, 3.05) is 13.1 Å². The Morgan fingerprint density at radius 1 is 0.875 bits per heavy atom. The van der Waals surface area contributed by atoms with Crippen molar-refractivity contribution in [3.63, 3.8) is 0 Å². The number of aliphatic carboxylic acids is 1. The van der Waals surface area contributed by atoms with E-state index in [4.69, 9.17) is 9.47 Å². The van der Waals surface area contributed by atoms with E-state index in [0.29, 0.717) is 32.2 Å². The first-order chi connectivity index (χ1) is 26.5. The summed E-state index contributed by atoms with van der Waals surface area (Å²) in [6.07, 6.45) is 4.61. The van der Waals surface area contributed by atoms with Crippen LogP contribution in [0.5, 0.6) is 0 Å². The Hall–Kier alpha value is -5.40. The summed E-state index contributed by atoms with van der Waals surface area (Å²) in [7, 11) is 0. The SMILES string of the molecule is CC(C)C[C@@H](/C=C/[C@H](Cc1ccccc1)C(=O)N1CCC[C@H]1C(=O)N[C@@H](C)C(=O)N[C@@H](CCCNC(=O)OCc1ccccc1)C(=O)O)NC(=O)OC(C)(C)C. The molecule has 1 aliphatic rings. The van der Waals surface area contributed by atoms with Crippen LogP contribution >= 0.6 is 0 Å². The number of alkyl carbamates (subject to hydrolysis) is 2. The zero-order chi connectivity index (χ0) is 41.3. The molecule has 0 unspecified atom stereocenters. The second kappa shape index (κ2) is 22.2. The number of ether oxygens (including phenoxy) is 2. The molecule has 14 heteroatoms. The Balaban J connectivity index is 1.61. The van der Waals surface area contributed by atoms with Crippen LogP contribution in [-0.4, -0.2) is 88.7 Å². The van der Waals surface area contributed by atoms with Gasteiger partial charge in [0.15, 0.2) is 0 Å². The lowest BCUT2D eigenvalue weighted by Crippen LogP contribution is -2.54. The summed E-state index contributed by atoms with van der Waals surface area (Å²) in [5, 5.41) is 20.4. The second-order valence-electron chi connectivity index (χ2n) is 15.5. The summed E-state index contributed by atoms with van der Waals surface area (Å²) in [6, 6.07) is 15.1. The van der Waals surface area contributed by atoms with Gasteiger partial charge in [0.2, 0.25) is 17.7 Å². The van der Waals surface area contributed by atoms with Gasteiger partial charge in [-0.3, -0.25) is 14.4 Å². The van der Waals surface area contributed by atoms with Crippen molar-refractivity contribution < 1.29 is 43.3 Å². The zero-order valence-corrected chi connectivity index (χ0v) is 33.4. The van der Waals surface area contributed by atoms with Gasteiger partial charge < -0.3 is 40.7 Å². The van der Waals surface area contributed by atoms with Gasteiger partial charge in [-0.1, -0.05) is 86.7 Å². The molecule has 2 aromatic rings. The Kier molecular flexibility index (Phi) is 17.9. The largest absolute Gasteiger partial charge is 0.480 e. The third-order valence-electron chi connectivity index (χ3n) is 8.98. The molecule has 0 saturated carbocycles. The van der Waals surface area contributed by atoms with Crippen LogP contribution in [0.4, 0.5) is 9.59 Å². The number of carbonyl (C=O) groups is 6. The number of rotatable bonds is 19. The number of nitrogens with zero attached hydrogens (tertiary/aromatic N) is 1. The van der Waals surface area contributed by atoms with Crippen LogP contribution in [0.25, 0.3) is 0 Å². The van der Waals surface area contributed by atoms with Crippen molar-refractivity contribution in [3.05, 3.63) is 83.9 Å². The van der Waals surface area contributed by atoms with Gasteiger partial charge in [0.1, 0.15) is 30.3 Å². The van der Waals surface area contributed by atoms with Gasteiger partial charge >= 0.3 is 18.2 Å². The normalized spacial score (nSPS) is 16.3. The number of nitrogens with one attached hydrogen (secondary N) is 4. The molecule has 306 valence electrons. The minimum atomic E-state index is -1.26. The number of hydrogen-bond donors (Lipinski definition) is 5. The maximum Gasteiger partial charge on any atom is 0.408 e. The predicted octanol–water partition coefficient (Wildman–Crippen LogP) is 5.11. The molecule has 0 aromatic heterocycles. The first kappa shape index (κ1) is 45.0. The van der Waals surface area contributed by atoms with Crippen LogP contribution in [0.1, 0.15) is 84.8 Å². The van der Waals surface area contributed by atoms with Crippen molar-refractivity contribution in [2.24, 2.45) is 11.8 Å². The second-order valence-corrected chi connectivity index (χ2v) is 15.5. The third-order valence-corrected chi connectivity index (χ3v) is 8.98. The number of carboxylic acid groups (broad SMARTS) is 1. The lowest BCUT2D eigenvalue weighted by atomic mass is 9.95. The van der Waals surface area contributed by atoms with Crippen molar-refractivity contribution >= 4 is 35.9 Å². The molecule has 0 spiro atoms. The van der Waals surface area contributed by atoms with Crippen LogP contribution in [0.2, 0.25) is 0 Å². The highest BCUT2D eigenvalue weighted by atomic mass is 16.6. The van der Waals surface area contributed by atoms with Gasteiger partial charge in [-0.25, -0.2) is 14.4 Å². The monoisotopic (exact) mass is 777 g/mol. The van der Waals surface area contributed by atoms with E-state index in [2.05, 4.69) is 21.3 Å². The summed E-state index contributed by atoms with van der Waals surface area (Å²) < 4.78 is 10.6. The average molecular weight is 778 g/mol. The molecule has 0 bridgehead atoms. The van der Waals surface area contributed by atoms with Gasteiger partial charge in [-0.15, -0.1) is 0 Å². The molecule has 0 radical (unpaired) electrons. The smallest absolute Gasteiger partial charge is 0.408 e. The Morgan fingerprint density at radius 3 is 2.12 bits per heavy atom. The number of carbonyl (C=O) groups excluding carboxylic acids is 5. The molecule has 56 heavy (non-hydrogen) atoms. The fourth-order valence-corrected chi connectivity index (χ4v) is 6.24. The number of hydrogen-bond acceptors (Lipinski definition) is 8. The first-order valence-corrected chi connectivity index (χ1v) is 19.3. The van der Waals surface area contributed by atoms with Crippen LogP contribution in [0.3, 0.4) is 0 Å². The Morgan fingerprint density at radius 2 is 1.52 bits per heavy atom. The predicted molar refractivity (Wildman–Crippen MR) is 211 cm³/mol. The minimum absolute atomic E-state index is 0.0211. The molecule has 3 rings (SSSR count). The Labute approximate surface area is 330 Å². The van der Waals surface area contributed by atoms with Gasteiger partial charge in [-0.05, 0) is 83.3 Å². The lowest BCUT2D eigenvalue weighted by molar-refractivity contribution is -0.143. The van der Waals surface area contributed by atoms with Gasteiger partial charge in [0.05, 0.1) is 12.0 Å². The summed E-state index contributed by atoms with van der Waals surface area (Å²) >= 11 is 0. The third kappa shape index (κ3) is 16.1. The molecular weight excluding hydrogens is 718 g/mol. The zero-order valence-electron chi connectivity index (χ0n) is 33.4. The maximum atomic E-state index is 14.2. The van der Waals surface area contributed by atoms with E-state index in [9.17, 15) is 33.9 Å². The van der Waals surface area contributed by atoms with Crippen molar-refractivity contribution in [2.45, 2.75) is 116 Å². The number of amides is 5. The molecule has 5 atom stereocenters. The standard InChI is InChI=1S/C42H59N5O9/c1-28(2)25-33(45-41(54)56-42(4,5)6)22-21-32(26-30-15-9-7-10-16-30)38(50)47-24-14-20-35(47)37(49)44-29(3)36(48)46-34(39(51)52)19-13-23-43-40(53)55-27-31-17-11-8-12-18-31/h7-12,15-18,21-22,28-29,32-35H,13-14,19-20,23-27H2,1-6H3,(H,43,53)(H,44,49)(H,45,54)(H,46,48)(H,51,52)/b22-21+/t29-,32+,33+,34-,35-/m0/s1. The van der Waals surface area contributed by atoms with Crippen LogP contribution in [-0.2, 0) is 41.7 Å². The van der Waals surface area contributed by atoms with Crippen molar-refractivity contribution in [1.82, 2.24) is 26.2 Å². The van der Waals surface area contributed by atoms with Crippen LogP contribution < -0.4 is 21.3 Å². The van der Waals surface area contributed by atoms with Crippen LogP contribution in [0.15, 0.2) is 72.8 Å². The number of carboxylic acids is 1. The quantitative estimate of drug-likeness (QED) is 0.0953. The molecule has 1 fully saturated rings. The molecular formula is C42H59N5O9. The van der Waals surface area contributed by atoms with E-state index in [1.54, 1.807) is 26.8 Å². The van der Waals surface area contributed by atoms with Crippen LogP contribution in [0, 0.1) is 11.8 Å². The molecule has 5 N–H and O–H groups in total. The number of benzene rings is 2. The van der Waals surface area contributed by atoms with E-state index in [0.717, 1.165) is 11.1 Å². The van der Waals surface area contributed by atoms with Crippen molar-refractivity contribution in [1.29, 1.82) is 0 Å². The Bertz CT molecular complexity index is 1630. The molecule has 1 saturated heterocycles. The van der Waals surface area contributed by atoms with E-state index < -0.39 is 65.7 Å². The van der Waals surface area contributed by atoms with E-state index in [1.165, 1.54) is 11.8 Å². The fraction of sp³-hybridized carbons (Fsp3) is 0.524. The minimum Gasteiger partial charge on any atom is -0.480 e. The summed E-state index contributed by atoms with van der Waals surface area (Å²) in [5.74, 6) is -3.16. The topological polar surface area (TPSA) is 192 Å². The van der Waals surface area contributed by atoms with E-state index in [-0.39, 0.29) is 37.8 Å². The lowest BCUT2D eigenvalue weighted by Gasteiger charge is -2.29. The molecule has 1 aliphatic heterocycles. The van der Waals surface area contributed by atoms with Gasteiger partial charge in [-0.2, -0.15) is 0 Å². The highest BCUT2D eigenvalue weighted by molar-refractivity contribution is 5.94. The average Bonchev–Trinajstić information content (AvgIpc) is 3.63. The highest BCUT2D eigenvalue weighted by Gasteiger charge is 2.38. The fourth-order valence-electron chi connectivity index (χ4n) is 6.24. The van der Waals surface area contributed by atoms with E-state index in [1.807, 2.05) is 80.6 Å². The maximum absolute atomic E-state index is 14.2. The van der Waals surface area contributed by atoms with Gasteiger partial charge in [0, 0.05) is 13.1 Å². The molecule has 14 nitrogen and oxygen atoms in total. The molecule has 1 heterocycles. The van der Waals surface area contributed by atoms with E-state index >= 15 is 0 Å². The highest BCUT2D eigenvalue weighted by Crippen LogP contribution is 2.24. The summed E-state index contributed by atoms with van der Waals surface area (Å²) in [4.78, 5) is 79.0. The number of likely N-dealkylation sites (tertiary alicyclic amines) is 1.